The van der Waals surface area contributed by atoms with E-state index in [0.717, 1.165) is 5.39 Å². The predicted molar refractivity (Wildman–Crippen MR) is 103 cm³/mol. The first kappa shape index (κ1) is 18.8. The molecule has 3 aromatic rings. The fraction of sp³-hybridized carbons (Fsp3) is 0.100. The van der Waals surface area contributed by atoms with Gasteiger partial charge in [0, 0.05) is 0 Å². The van der Waals surface area contributed by atoms with Gasteiger partial charge in [-0.2, -0.15) is 0 Å². The Morgan fingerprint density at radius 3 is 2.57 bits per heavy atom. The van der Waals surface area contributed by atoms with Gasteiger partial charge in [0.05, 0.1) is 23.7 Å². The molecule has 0 radical (unpaired) electrons. The summed E-state index contributed by atoms with van der Waals surface area (Å²) in [6.07, 6.45) is 0. The second-order valence-corrected chi connectivity index (χ2v) is 5.79. The topological polar surface area (TPSA) is 108 Å². The number of carbonyl (C=O) groups is 2. The number of nitro groups is 1. The first-order chi connectivity index (χ1) is 13.5. The van der Waals surface area contributed by atoms with E-state index in [9.17, 15) is 19.7 Å². The lowest BCUT2D eigenvalue weighted by atomic mass is 10.1. The number of hydrogen-bond acceptors (Lipinski definition) is 6. The average molecular weight is 380 g/mol. The number of anilines is 1. The molecule has 8 nitrogen and oxygen atoms in total. The van der Waals surface area contributed by atoms with E-state index in [4.69, 9.17) is 9.47 Å². The lowest BCUT2D eigenvalue weighted by Gasteiger charge is -2.09. The molecule has 3 rings (SSSR count). The van der Waals surface area contributed by atoms with E-state index in [1.165, 1.54) is 25.3 Å². The molecular formula is C20H16N2O6. The molecule has 0 unspecified atom stereocenters. The molecule has 28 heavy (non-hydrogen) atoms. The lowest BCUT2D eigenvalue weighted by molar-refractivity contribution is -0.384. The molecule has 0 saturated heterocycles. The molecular weight excluding hydrogens is 364 g/mol. The summed E-state index contributed by atoms with van der Waals surface area (Å²) in [4.78, 5) is 35.0. The Morgan fingerprint density at radius 1 is 1.07 bits per heavy atom. The standard InChI is InChI=1S/C20H16N2O6/c1-27-14-9-10-17(18(11-14)22(25)26)21-19(23)12-28-20(24)16-8-4-6-13-5-2-3-7-15(13)16/h2-11H,12H2,1H3,(H,21,23). The Morgan fingerprint density at radius 2 is 1.82 bits per heavy atom. The van der Waals surface area contributed by atoms with Crippen molar-refractivity contribution in [2.75, 3.05) is 19.0 Å². The van der Waals surface area contributed by atoms with Gasteiger partial charge < -0.3 is 14.8 Å². The van der Waals surface area contributed by atoms with Gasteiger partial charge in [-0.15, -0.1) is 0 Å². The van der Waals surface area contributed by atoms with Crippen molar-refractivity contribution >= 4 is 34.0 Å². The van der Waals surface area contributed by atoms with Crippen molar-refractivity contribution in [3.05, 3.63) is 76.3 Å². The minimum absolute atomic E-state index is 0.0167. The van der Waals surface area contributed by atoms with Gasteiger partial charge in [0.25, 0.3) is 11.6 Å². The molecule has 0 heterocycles. The van der Waals surface area contributed by atoms with Crippen molar-refractivity contribution in [1.29, 1.82) is 0 Å². The van der Waals surface area contributed by atoms with Crippen LogP contribution in [0.5, 0.6) is 5.75 Å². The number of hydrogen-bond donors (Lipinski definition) is 1. The number of fused-ring (bicyclic) bond motifs is 1. The second kappa shape index (κ2) is 8.17. The van der Waals surface area contributed by atoms with E-state index in [1.807, 2.05) is 18.2 Å². The highest BCUT2D eigenvalue weighted by molar-refractivity contribution is 6.05. The molecule has 0 atom stereocenters. The van der Waals surface area contributed by atoms with Gasteiger partial charge in [-0.1, -0.05) is 36.4 Å². The molecule has 3 aromatic carbocycles. The lowest BCUT2D eigenvalue weighted by Crippen LogP contribution is -2.21. The van der Waals surface area contributed by atoms with Crippen LogP contribution in [0.2, 0.25) is 0 Å². The molecule has 0 aliphatic rings. The molecule has 0 spiro atoms. The molecule has 1 N–H and O–H groups in total. The number of carbonyl (C=O) groups excluding carboxylic acids is 2. The van der Waals surface area contributed by atoms with E-state index < -0.39 is 23.4 Å². The number of benzene rings is 3. The molecule has 0 aliphatic heterocycles. The van der Waals surface area contributed by atoms with E-state index >= 15 is 0 Å². The third-order valence-electron chi connectivity index (χ3n) is 4.02. The number of nitrogens with zero attached hydrogens (tertiary/aromatic N) is 1. The third-order valence-corrected chi connectivity index (χ3v) is 4.02. The van der Waals surface area contributed by atoms with Gasteiger partial charge in [-0.3, -0.25) is 14.9 Å². The summed E-state index contributed by atoms with van der Waals surface area (Å²) in [5.41, 5.74) is -0.00795. The summed E-state index contributed by atoms with van der Waals surface area (Å²) in [7, 11) is 1.38. The molecule has 0 saturated carbocycles. The number of ether oxygens (including phenoxy) is 2. The third kappa shape index (κ3) is 4.07. The van der Waals surface area contributed by atoms with E-state index in [-0.39, 0.29) is 17.1 Å². The Balaban J connectivity index is 1.69. The molecule has 0 bridgehead atoms. The van der Waals surface area contributed by atoms with Crippen LogP contribution in [-0.2, 0) is 9.53 Å². The maximum atomic E-state index is 12.3. The minimum Gasteiger partial charge on any atom is -0.496 e. The minimum atomic E-state index is -0.693. The first-order valence-electron chi connectivity index (χ1n) is 8.27. The van der Waals surface area contributed by atoms with Crippen LogP contribution in [0.4, 0.5) is 11.4 Å². The van der Waals surface area contributed by atoms with Crippen molar-refractivity contribution in [3.8, 4) is 5.75 Å². The average Bonchev–Trinajstić information content (AvgIpc) is 2.71. The quantitative estimate of drug-likeness (QED) is 0.398. The van der Waals surface area contributed by atoms with Gasteiger partial charge in [-0.25, -0.2) is 4.79 Å². The Bertz CT molecular complexity index is 1060. The van der Waals surface area contributed by atoms with E-state index in [0.29, 0.717) is 10.9 Å². The highest BCUT2D eigenvalue weighted by atomic mass is 16.6. The normalized spacial score (nSPS) is 10.3. The molecule has 1 amide bonds. The van der Waals surface area contributed by atoms with Gasteiger partial charge in [-0.05, 0) is 29.0 Å². The molecule has 142 valence electrons. The van der Waals surface area contributed by atoms with Crippen LogP contribution in [0.25, 0.3) is 10.8 Å². The zero-order valence-corrected chi connectivity index (χ0v) is 14.9. The monoisotopic (exact) mass is 380 g/mol. The Labute approximate surface area is 159 Å². The summed E-state index contributed by atoms with van der Waals surface area (Å²) in [5, 5.41) is 15.1. The number of amides is 1. The van der Waals surface area contributed by atoms with Crippen LogP contribution in [0.3, 0.4) is 0 Å². The van der Waals surface area contributed by atoms with Crippen molar-refractivity contribution in [1.82, 2.24) is 0 Å². The van der Waals surface area contributed by atoms with Crippen LogP contribution in [0.15, 0.2) is 60.7 Å². The number of nitrogens with one attached hydrogen (secondary N) is 1. The molecule has 8 heteroatoms. The summed E-state index contributed by atoms with van der Waals surface area (Å²) >= 11 is 0. The number of esters is 1. The van der Waals surface area contributed by atoms with Crippen molar-refractivity contribution in [2.24, 2.45) is 0 Å². The summed E-state index contributed by atoms with van der Waals surface area (Å²) in [6, 6.07) is 16.5. The first-order valence-corrected chi connectivity index (χ1v) is 8.27. The van der Waals surface area contributed by atoms with Gasteiger partial charge in [0.2, 0.25) is 0 Å². The fourth-order valence-corrected chi connectivity index (χ4v) is 2.69. The summed E-state index contributed by atoms with van der Waals surface area (Å²) < 4.78 is 10.0. The predicted octanol–water partition coefficient (Wildman–Crippen LogP) is 3.55. The van der Waals surface area contributed by atoms with Crippen molar-refractivity contribution in [2.45, 2.75) is 0 Å². The number of nitro benzene ring substituents is 1. The summed E-state index contributed by atoms with van der Waals surface area (Å²) in [5.74, 6) is -1.06. The van der Waals surface area contributed by atoms with Gasteiger partial charge in [0.1, 0.15) is 11.4 Å². The summed E-state index contributed by atoms with van der Waals surface area (Å²) in [6.45, 7) is -0.578. The zero-order valence-electron chi connectivity index (χ0n) is 14.9. The largest absolute Gasteiger partial charge is 0.496 e. The highest BCUT2D eigenvalue weighted by Crippen LogP contribution is 2.29. The van der Waals surface area contributed by atoms with Gasteiger partial charge >= 0.3 is 5.97 Å². The van der Waals surface area contributed by atoms with Crippen LogP contribution < -0.4 is 10.1 Å². The Hall–Kier alpha value is -3.94. The van der Waals surface area contributed by atoms with Crippen LogP contribution in [0, 0.1) is 10.1 Å². The number of methoxy groups -OCH3 is 1. The van der Waals surface area contributed by atoms with Crippen LogP contribution in [0.1, 0.15) is 10.4 Å². The SMILES string of the molecule is COc1ccc(NC(=O)COC(=O)c2cccc3ccccc23)c([N+](=O)[O-])c1. The second-order valence-electron chi connectivity index (χ2n) is 5.79. The van der Waals surface area contributed by atoms with E-state index in [2.05, 4.69) is 5.32 Å². The Kier molecular flexibility index (Phi) is 5.50. The van der Waals surface area contributed by atoms with Crippen LogP contribution in [-0.4, -0.2) is 30.5 Å². The molecule has 0 fully saturated rings. The maximum absolute atomic E-state index is 12.3. The van der Waals surface area contributed by atoms with E-state index in [1.54, 1.807) is 24.3 Å². The van der Waals surface area contributed by atoms with Crippen molar-refractivity contribution in [3.63, 3.8) is 0 Å². The molecule has 0 aliphatic carbocycles. The molecule has 0 aromatic heterocycles. The van der Waals surface area contributed by atoms with Crippen molar-refractivity contribution < 1.29 is 24.0 Å². The zero-order chi connectivity index (χ0) is 20.1. The van der Waals surface area contributed by atoms with Crippen LogP contribution >= 0.6 is 0 Å². The fourth-order valence-electron chi connectivity index (χ4n) is 2.69. The number of rotatable bonds is 6. The smallest absolute Gasteiger partial charge is 0.339 e. The van der Waals surface area contributed by atoms with Gasteiger partial charge in [0.15, 0.2) is 6.61 Å². The maximum Gasteiger partial charge on any atom is 0.339 e. The highest BCUT2D eigenvalue weighted by Gasteiger charge is 2.18.